The fourth-order valence-corrected chi connectivity index (χ4v) is 2.04. The van der Waals surface area contributed by atoms with Gasteiger partial charge in [-0.1, -0.05) is 29.8 Å². The quantitative estimate of drug-likeness (QED) is 0.572. The summed E-state index contributed by atoms with van der Waals surface area (Å²) >= 11 is 5.97. The molecule has 0 atom stereocenters. The molecular formula is C17H21ClN2O4. The number of esters is 1. The van der Waals surface area contributed by atoms with Crippen molar-refractivity contribution in [1.29, 1.82) is 0 Å². The lowest BCUT2D eigenvalue weighted by molar-refractivity contribution is -0.148. The number of benzene rings is 1. The summed E-state index contributed by atoms with van der Waals surface area (Å²) in [6, 6.07) is 7.03. The maximum absolute atomic E-state index is 12.0. The molecule has 2 amide bonds. The van der Waals surface area contributed by atoms with Crippen LogP contribution in [0, 0.1) is 0 Å². The van der Waals surface area contributed by atoms with Crippen molar-refractivity contribution in [3.8, 4) is 0 Å². The molecule has 0 bridgehead atoms. The van der Waals surface area contributed by atoms with E-state index in [0.717, 1.165) is 0 Å². The van der Waals surface area contributed by atoms with Crippen molar-refractivity contribution in [3.05, 3.63) is 40.9 Å². The van der Waals surface area contributed by atoms with Crippen LogP contribution in [0.2, 0.25) is 5.02 Å². The van der Waals surface area contributed by atoms with Gasteiger partial charge in [-0.2, -0.15) is 0 Å². The van der Waals surface area contributed by atoms with Crippen LogP contribution in [0.5, 0.6) is 0 Å². The molecule has 0 heterocycles. The first kappa shape index (κ1) is 19.7. The Morgan fingerprint density at radius 2 is 1.96 bits per heavy atom. The monoisotopic (exact) mass is 352 g/mol. The highest BCUT2D eigenvalue weighted by molar-refractivity contribution is 6.32. The van der Waals surface area contributed by atoms with E-state index in [9.17, 15) is 14.4 Å². The Morgan fingerprint density at radius 3 is 2.58 bits per heavy atom. The Kier molecular flexibility index (Phi) is 8.57. The number of likely N-dealkylation sites (N-methyl/N-ethyl adjacent to an activating group) is 2. The molecule has 0 saturated carbocycles. The Labute approximate surface area is 146 Å². The van der Waals surface area contributed by atoms with Gasteiger partial charge in [-0.05, 0) is 31.6 Å². The van der Waals surface area contributed by atoms with Crippen LogP contribution in [0.1, 0.15) is 19.4 Å². The van der Waals surface area contributed by atoms with Crippen LogP contribution in [-0.2, 0) is 19.1 Å². The van der Waals surface area contributed by atoms with Crippen molar-refractivity contribution in [3.63, 3.8) is 0 Å². The largest absolute Gasteiger partial charge is 0.452 e. The highest BCUT2D eigenvalue weighted by Gasteiger charge is 2.16. The summed E-state index contributed by atoms with van der Waals surface area (Å²) in [7, 11) is 0. The topological polar surface area (TPSA) is 75.7 Å². The number of ether oxygens (including phenoxy) is 1. The highest BCUT2D eigenvalue weighted by Crippen LogP contribution is 2.16. The normalized spacial score (nSPS) is 10.5. The van der Waals surface area contributed by atoms with Crippen molar-refractivity contribution in [2.75, 3.05) is 26.2 Å². The van der Waals surface area contributed by atoms with Gasteiger partial charge in [0.15, 0.2) is 6.61 Å². The predicted molar refractivity (Wildman–Crippen MR) is 92.4 cm³/mol. The van der Waals surface area contributed by atoms with E-state index in [1.165, 1.54) is 17.1 Å². The first-order valence-electron chi connectivity index (χ1n) is 7.61. The molecule has 1 aromatic rings. The van der Waals surface area contributed by atoms with Crippen LogP contribution >= 0.6 is 11.6 Å². The molecule has 0 aliphatic carbocycles. The van der Waals surface area contributed by atoms with Crippen molar-refractivity contribution >= 4 is 35.5 Å². The summed E-state index contributed by atoms with van der Waals surface area (Å²) in [6.45, 7) is 3.91. The zero-order valence-electron chi connectivity index (χ0n) is 13.8. The van der Waals surface area contributed by atoms with Crippen molar-refractivity contribution in [2.45, 2.75) is 13.8 Å². The minimum absolute atomic E-state index is 0.0593. The number of hydrogen-bond acceptors (Lipinski definition) is 4. The number of nitrogens with one attached hydrogen (secondary N) is 1. The van der Waals surface area contributed by atoms with Gasteiger partial charge in [-0.15, -0.1) is 0 Å². The maximum Gasteiger partial charge on any atom is 0.331 e. The third-order valence-corrected chi connectivity index (χ3v) is 3.43. The number of carbonyl (C=O) groups excluding carboxylic acids is 3. The van der Waals surface area contributed by atoms with E-state index in [1.54, 1.807) is 38.1 Å². The molecule has 0 fully saturated rings. The number of nitrogens with zero attached hydrogens (tertiary/aromatic N) is 1. The van der Waals surface area contributed by atoms with Gasteiger partial charge in [0.1, 0.15) is 0 Å². The molecule has 0 radical (unpaired) electrons. The number of amides is 2. The maximum atomic E-state index is 12.0. The van der Waals surface area contributed by atoms with E-state index in [4.69, 9.17) is 16.3 Å². The average molecular weight is 353 g/mol. The molecule has 7 heteroatoms. The molecule has 0 unspecified atom stereocenters. The van der Waals surface area contributed by atoms with E-state index in [0.29, 0.717) is 23.7 Å². The van der Waals surface area contributed by atoms with Crippen LogP contribution in [0.25, 0.3) is 6.08 Å². The minimum atomic E-state index is -0.655. The Morgan fingerprint density at radius 1 is 1.25 bits per heavy atom. The number of halogens is 1. The standard InChI is InChI=1S/C17H21ClN2O4/c1-3-19-15(21)11-20(4-2)16(22)12-24-17(23)10-9-13-7-5-6-8-14(13)18/h5-10H,3-4,11-12H2,1-2H3,(H,19,21)/b10-9+. The fourth-order valence-electron chi connectivity index (χ4n) is 1.84. The summed E-state index contributed by atoms with van der Waals surface area (Å²) < 4.78 is 4.90. The van der Waals surface area contributed by atoms with Crippen LogP contribution in [0.3, 0.4) is 0 Å². The molecular weight excluding hydrogens is 332 g/mol. The Hall–Kier alpha value is -2.34. The number of carbonyl (C=O) groups is 3. The third kappa shape index (κ3) is 6.83. The highest BCUT2D eigenvalue weighted by atomic mass is 35.5. The summed E-state index contributed by atoms with van der Waals surface area (Å²) in [5.74, 6) is -1.33. The molecule has 24 heavy (non-hydrogen) atoms. The molecule has 1 N–H and O–H groups in total. The van der Waals surface area contributed by atoms with Gasteiger partial charge < -0.3 is 15.0 Å². The predicted octanol–water partition coefficient (Wildman–Crippen LogP) is 1.88. The van der Waals surface area contributed by atoms with Gasteiger partial charge >= 0.3 is 5.97 Å². The molecule has 1 rings (SSSR count). The molecule has 0 aliphatic heterocycles. The summed E-state index contributed by atoms with van der Waals surface area (Å²) in [5.41, 5.74) is 0.675. The van der Waals surface area contributed by atoms with E-state index >= 15 is 0 Å². The summed E-state index contributed by atoms with van der Waals surface area (Å²) in [4.78, 5) is 36.5. The Bertz CT molecular complexity index is 616. The van der Waals surface area contributed by atoms with Gasteiger partial charge in [0.25, 0.3) is 5.91 Å². The van der Waals surface area contributed by atoms with Gasteiger partial charge in [-0.25, -0.2) is 4.79 Å². The van der Waals surface area contributed by atoms with E-state index in [1.807, 2.05) is 0 Å². The number of rotatable bonds is 8. The van der Waals surface area contributed by atoms with E-state index < -0.39 is 18.5 Å². The van der Waals surface area contributed by atoms with Gasteiger partial charge in [0.2, 0.25) is 5.91 Å². The summed E-state index contributed by atoms with van der Waals surface area (Å²) in [5, 5.41) is 3.12. The number of hydrogen-bond donors (Lipinski definition) is 1. The van der Waals surface area contributed by atoms with Crippen molar-refractivity contribution in [1.82, 2.24) is 10.2 Å². The molecule has 0 aliphatic rings. The smallest absolute Gasteiger partial charge is 0.331 e. The van der Waals surface area contributed by atoms with E-state index in [-0.39, 0.29) is 12.5 Å². The van der Waals surface area contributed by atoms with Crippen LogP contribution < -0.4 is 5.32 Å². The molecule has 1 aromatic carbocycles. The Balaban J connectivity index is 2.49. The zero-order chi connectivity index (χ0) is 17.9. The lowest BCUT2D eigenvalue weighted by atomic mass is 10.2. The van der Waals surface area contributed by atoms with E-state index in [2.05, 4.69) is 5.32 Å². The van der Waals surface area contributed by atoms with Crippen LogP contribution in [-0.4, -0.2) is 48.9 Å². The fraction of sp³-hybridized carbons (Fsp3) is 0.353. The average Bonchev–Trinajstić information content (AvgIpc) is 2.57. The molecule has 0 saturated heterocycles. The molecule has 6 nitrogen and oxygen atoms in total. The lowest BCUT2D eigenvalue weighted by Gasteiger charge is -2.19. The van der Waals surface area contributed by atoms with Crippen LogP contribution in [0.4, 0.5) is 0 Å². The second-order valence-corrected chi connectivity index (χ2v) is 5.23. The van der Waals surface area contributed by atoms with Gasteiger partial charge in [0.05, 0.1) is 6.54 Å². The third-order valence-electron chi connectivity index (χ3n) is 3.08. The molecule has 130 valence electrons. The first-order chi connectivity index (χ1) is 11.5. The first-order valence-corrected chi connectivity index (χ1v) is 7.99. The van der Waals surface area contributed by atoms with Crippen molar-refractivity contribution in [2.24, 2.45) is 0 Å². The lowest BCUT2D eigenvalue weighted by Crippen LogP contribution is -2.42. The zero-order valence-corrected chi connectivity index (χ0v) is 14.5. The minimum Gasteiger partial charge on any atom is -0.452 e. The van der Waals surface area contributed by atoms with Crippen LogP contribution in [0.15, 0.2) is 30.3 Å². The second-order valence-electron chi connectivity index (χ2n) is 4.82. The van der Waals surface area contributed by atoms with Gasteiger partial charge in [0, 0.05) is 24.2 Å². The SMILES string of the molecule is CCNC(=O)CN(CC)C(=O)COC(=O)/C=C/c1ccccc1Cl. The van der Waals surface area contributed by atoms with Crippen molar-refractivity contribution < 1.29 is 19.1 Å². The van der Waals surface area contributed by atoms with Gasteiger partial charge in [-0.3, -0.25) is 9.59 Å². The molecule has 0 spiro atoms. The second kappa shape index (κ2) is 10.4. The summed E-state index contributed by atoms with van der Waals surface area (Å²) in [6.07, 6.45) is 2.72. The molecule has 0 aromatic heterocycles.